The zero-order chi connectivity index (χ0) is 13.1. The number of fused-ring (bicyclic) bond motifs is 1. The summed E-state index contributed by atoms with van der Waals surface area (Å²) < 4.78 is 12.0. The van der Waals surface area contributed by atoms with Gasteiger partial charge in [-0.3, -0.25) is 9.19 Å². The van der Waals surface area contributed by atoms with Crippen molar-refractivity contribution < 1.29 is 4.21 Å². The summed E-state index contributed by atoms with van der Waals surface area (Å²) in [5.41, 5.74) is 8.70. The van der Waals surface area contributed by atoms with E-state index in [-0.39, 0.29) is 6.04 Å². The topological polar surface area (TPSA) is 56.0 Å². The van der Waals surface area contributed by atoms with Crippen molar-refractivity contribution in [3.05, 3.63) is 41.6 Å². The van der Waals surface area contributed by atoms with Crippen LogP contribution in [0.3, 0.4) is 0 Å². The van der Waals surface area contributed by atoms with Gasteiger partial charge in [-0.25, -0.2) is 0 Å². The number of aromatic nitrogens is 1. The van der Waals surface area contributed by atoms with Crippen LogP contribution in [0.25, 0.3) is 10.9 Å². The second-order valence-electron chi connectivity index (χ2n) is 4.67. The number of pyridine rings is 1. The molecule has 2 atom stereocenters. The molecule has 0 fully saturated rings. The number of hydrogen-bond acceptors (Lipinski definition) is 3. The number of aryl methyl sites for hydroxylation is 1. The normalized spacial score (nSPS) is 14.6. The minimum absolute atomic E-state index is 0.0277. The largest absolute Gasteiger partial charge is 0.327 e. The van der Waals surface area contributed by atoms with Crippen molar-refractivity contribution in [1.29, 1.82) is 0 Å². The van der Waals surface area contributed by atoms with Gasteiger partial charge in [0.2, 0.25) is 0 Å². The second-order valence-corrected chi connectivity index (χ2v) is 6.17. The van der Waals surface area contributed by atoms with Crippen molar-refractivity contribution in [1.82, 2.24) is 4.98 Å². The highest BCUT2D eigenvalue weighted by atomic mass is 32.2. The highest BCUT2D eigenvalue weighted by Gasteiger charge is 2.09. The molecule has 18 heavy (non-hydrogen) atoms. The van der Waals surface area contributed by atoms with E-state index in [1.807, 2.05) is 44.2 Å². The highest BCUT2D eigenvalue weighted by Crippen LogP contribution is 2.19. The molecule has 0 aliphatic carbocycles. The van der Waals surface area contributed by atoms with Gasteiger partial charge in [0.25, 0.3) is 0 Å². The summed E-state index contributed by atoms with van der Waals surface area (Å²) in [7, 11) is -0.918. The molecule has 2 aromatic rings. The van der Waals surface area contributed by atoms with Crippen LogP contribution in [-0.2, 0) is 16.6 Å². The maximum atomic E-state index is 12.0. The molecule has 2 rings (SSSR count). The summed E-state index contributed by atoms with van der Waals surface area (Å²) in [6, 6.07) is 9.96. The Morgan fingerprint density at radius 1 is 1.39 bits per heavy atom. The zero-order valence-corrected chi connectivity index (χ0v) is 11.5. The first kappa shape index (κ1) is 13.2. The molecule has 0 bridgehead atoms. The number of nitrogens with zero attached hydrogens (tertiary/aromatic N) is 1. The SMILES string of the molecule is Cc1cc(CS(=O)CC(C)N)c2ccccc2n1. The van der Waals surface area contributed by atoms with E-state index >= 15 is 0 Å². The lowest BCUT2D eigenvalue weighted by Gasteiger charge is -2.09. The third-order valence-electron chi connectivity index (χ3n) is 2.70. The molecule has 2 N–H and O–H groups in total. The van der Waals surface area contributed by atoms with E-state index < -0.39 is 10.8 Å². The molecular weight excluding hydrogens is 244 g/mol. The number of benzene rings is 1. The van der Waals surface area contributed by atoms with Crippen molar-refractivity contribution in [3.63, 3.8) is 0 Å². The van der Waals surface area contributed by atoms with Crippen LogP contribution in [0, 0.1) is 6.92 Å². The molecule has 2 unspecified atom stereocenters. The molecule has 1 aromatic heterocycles. The predicted molar refractivity (Wildman–Crippen MR) is 76.8 cm³/mol. The molecular formula is C14H18N2OS. The summed E-state index contributed by atoms with van der Waals surface area (Å²) in [5, 5.41) is 1.08. The molecule has 0 saturated carbocycles. The Hall–Kier alpha value is -1.26. The number of nitrogens with two attached hydrogens (primary N) is 1. The van der Waals surface area contributed by atoms with E-state index in [4.69, 9.17) is 5.73 Å². The Kier molecular flexibility index (Phi) is 4.09. The third-order valence-corrected chi connectivity index (χ3v) is 4.23. The van der Waals surface area contributed by atoms with Crippen LogP contribution in [0.15, 0.2) is 30.3 Å². The van der Waals surface area contributed by atoms with Gasteiger partial charge in [0.1, 0.15) is 0 Å². The summed E-state index contributed by atoms with van der Waals surface area (Å²) in [4.78, 5) is 4.48. The van der Waals surface area contributed by atoms with Gasteiger partial charge in [0, 0.05) is 39.4 Å². The van der Waals surface area contributed by atoms with Gasteiger partial charge >= 0.3 is 0 Å². The lowest BCUT2D eigenvalue weighted by Crippen LogP contribution is -2.23. The molecule has 0 aliphatic rings. The van der Waals surface area contributed by atoms with E-state index in [0.717, 1.165) is 22.2 Å². The fourth-order valence-corrected chi connectivity index (χ4v) is 3.33. The van der Waals surface area contributed by atoms with Crippen molar-refractivity contribution in [2.75, 3.05) is 5.75 Å². The summed E-state index contributed by atoms with van der Waals surface area (Å²) in [5.74, 6) is 1.08. The average Bonchev–Trinajstić information content (AvgIpc) is 2.27. The molecule has 0 saturated heterocycles. The Morgan fingerprint density at radius 3 is 2.83 bits per heavy atom. The molecule has 1 aromatic carbocycles. The van der Waals surface area contributed by atoms with Gasteiger partial charge in [-0.2, -0.15) is 0 Å². The van der Waals surface area contributed by atoms with Crippen LogP contribution in [0.5, 0.6) is 0 Å². The number of hydrogen-bond donors (Lipinski definition) is 1. The second kappa shape index (κ2) is 5.59. The highest BCUT2D eigenvalue weighted by molar-refractivity contribution is 7.84. The van der Waals surface area contributed by atoms with Crippen LogP contribution in [-0.4, -0.2) is 21.0 Å². The summed E-state index contributed by atoms with van der Waals surface area (Å²) >= 11 is 0. The Balaban J connectivity index is 2.35. The van der Waals surface area contributed by atoms with E-state index in [1.165, 1.54) is 0 Å². The molecule has 96 valence electrons. The van der Waals surface area contributed by atoms with Crippen LogP contribution in [0.1, 0.15) is 18.2 Å². The Labute approximate surface area is 110 Å². The van der Waals surface area contributed by atoms with Gasteiger partial charge in [0.15, 0.2) is 0 Å². The van der Waals surface area contributed by atoms with Crippen LogP contribution < -0.4 is 5.73 Å². The van der Waals surface area contributed by atoms with E-state index in [1.54, 1.807) is 0 Å². The lowest BCUT2D eigenvalue weighted by molar-refractivity contribution is 0.676. The maximum absolute atomic E-state index is 12.0. The fraction of sp³-hybridized carbons (Fsp3) is 0.357. The molecule has 1 heterocycles. The van der Waals surface area contributed by atoms with Crippen LogP contribution in [0.2, 0.25) is 0 Å². The predicted octanol–water partition coefficient (Wildman–Crippen LogP) is 2.14. The minimum Gasteiger partial charge on any atom is -0.327 e. The van der Waals surface area contributed by atoms with Gasteiger partial charge in [-0.15, -0.1) is 0 Å². The van der Waals surface area contributed by atoms with Crippen LogP contribution >= 0.6 is 0 Å². The van der Waals surface area contributed by atoms with Gasteiger partial charge < -0.3 is 5.73 Å². The smallest absolute Gasteiger partial charge is 0.0708 e. The standard InChI is InChI=1S/C14H18N2OS/c1-10(15)8-18(17)9-12-7-11(2)16-14-6-4-3-5-13(12)14/h3-7,10H,8-9,15H2,1-2H3. The molecule has 0 aliphatic heterocycles. The summed E-state index contributed by atoms with van der Waals surface area (Å²) in [6.45, 7) is 3.85. The average molecular weight is 262 g/mol. The molecule has 0 spiro atoms. The Bertz CT molecular complexity index is 581. The van der Waals surface area contributed by atoms with Crippen molar-refractivity contribution >= 4 is 21.7 Å². The summed E-state index contributed by atoms with van der Waals surface area (Å²) in [6.07, 6.45) is 0. The van der Waals surface area contributed by atoms with Crippen LogP contribution in [0.4, 0.5) is 0 Å². The maximum Gasteiger partial charge on any atom is 0.0708 e. The first-order valence-electron chi connectivity index (χ1n) is 6.02. The zero-order valence-electron chi connectivity index (χ0n) is 10.7. The molecule has 0 amide bonds. The van der Waals surface area contributed by atoms with E-state index in [9.17, 15) is 4.21 Å². The first-order chi connectivity index (χ1) is 8.56. The fourth-order valence-electron chi connectivity index (χ4n) is 2.04. The van der Waals surface area contributed by atoms with Gasteiger partial charge in [-0.05, 0) is 31.5 Å². The van der Waals surface area contributed by atoms with Crippen molar-refractivity contribution in [2.24, 2.45) is 5.73 Å². The first-order valence-corrected chi connectivity index (χ1v) is 7.51. The molecule has 4 heteroatoms. The lowest BCUT2D eigenvalue weighted by atomic mass is 10.1. The van der Waals surface area contributed by atoms with E-state index in [0.29, 0.717) is 11.5 Å². The van der Waals surface area contributed by atoms with Crippen molar-refractivity contribution in [3.8, 4) is 0 Å². The van der Waals surface area contributed by atoms with Gasteiger partial charge in [-0.1, -0.05) is 18.2 Å². The molecule has 0 radical (unpaired) electrons. The monoisotopic (exact) mass is 262 g/mol. The third kappa shape index (κ3) is 3.15. The molecule has 3 nitrogen and oxygen atoms in total. The quantitative estimate of drug-likeness (QED) is 0.918. The minimum atomic E-state index is -0.918. The number of para-hydroxylation sites is 1. The van der Waals surface area contributed by atoms with Crippen molar-refractivity contribution in [2.45, 2.75) is 25.6 Å². The Morgan fingerprint density at radius 2 is 2.11 bits per heavy atom. The van der Waals surface area contributed by atoms with E-state index in [2.05, 4.69) is 4.98 Å². The number of rotatable bonds is 4. The van der Waals surface area contributed by atoms with Gasteiger partial charge in [0.05, 0.1) is 5.52 Å².